The molecule has 7 nitrogen and oxygen atoms in total. The molecule has 11 heteroatoms. The SMILES string of the molecule is COCCn1c(=NC(=O)C2CCCN2S(=O)(=O)c2cccs2)sc2cc(Cl)ccc21. The number of benzene rings is 1. The zero-order valence-corrected chi connectivity index (χ0v) is 19.4. The highest BCUT2D eigenvalue weighted by atomic mass is 35.5. The van der Waals surface area contributed by atoms with Gasteiger partial charge in [0, 0.05) is 25.2 Å². The molecule has 3 aromatic rings. The number of hydrogen-bond acceptors (Lipinski definition) is 6. The molecule has 3 heterocycles. The summed E-state index contributed by atoms with van der Waals surface area (Å²) in [6.07, 6.45) is 1.09. The largest absolute Gasteiger partial charge is 0.383 e. The van der Waals surface area contributed by atoms with E-state index in [1.54, 1.807) is 30.7 Å². The minimum atomic E-state index is -3.71. The Morgan fingerprint density at radius 3 is 2.93 bits per heavy atom. The van der Waals surface area contributed by atoms with E-state index >= 15 is 0 Å². The van der Waals surface area contributed by atoms with Crippen LogP contribution in [0.25, 0.3) is 10.2 Å². The number of carbonyl (C=O) groups is 1. The van der Waals surface area contributed by atoms with Crippen LogP contribution in [0, 0.1) is 0 Å². The van der Waals surface area contributed by atoms with Crippen LogP contribution in [0.2, 0.25) is 5.02 Å². The summed E-state index contributed by atoms with van der Waals surface area (Å²) in [6, 6.07) is 7.97. The molecule has 0 spiro atoms. The van der Waals surface area contributed by atoms with Crippen molar-refractivity contribution < 1.29 is 17.9 Å². The van der Waals surface area contributed by atoms with Crippen molar-refractivity contribution in [2.24, 2.45) is 4.99 Å². The highest BCUT2D eigenvalue weighted by molar-refractivity contribution is 7.91. The fraction of sp³-hybridized carbons (Fsp3) is 0.368. The Hall–Kier alpha value is -1.56. The Kier molecular flexibility index (Phi) is 6.42. The molecule has 1 amide bonds. The van der Waals surface area contributed by atoms with Gasteiger partial charge in [0.2, 0.25) is 0 Å². The van der Waals surface area contributed by atoms with Crippen LogP contribution in [0.15, 0.2) is 44.9 Å². The van der Waals surface area contributed by atoms with Crippen molar-refractivity contribution in [3.8, 4) is 0 Å². The second kappa shape index (κ2) is 8.89. The number of methoxy groups -OCH3 is 1. The number of fused-ring (bicyclic) bond motifs is 1. The van der Waals surface area contributed by atoms with E-state index in [9.17, 15) is 13.2 Å². The lowest BCUT2D eigenvalue weighted by Crippen LogP contribution is -2.40. The topological polar surface area (TPSA) is 81.0 Å². The highest BCUT2D eigenvalue weighted by Crippen LogP contribution is 2.29. The lowest BCUT2D eigenvalue weighted by molar-refractivity contribution is -0.121. The molecular formula is C19H20ClN3O4S3. The Labute approximate surface area is 187 Å². The number of aromatic nitrogens is 1. The van der Waals surface area contributed by atoms with Gasteiger partial charge in [-0.05, 0) is 42.5 Å². The quantitative estimate of drug-likeness (QED) is 0.536. The highest BCUT2D eigenvalue weighted by Gasteiger charge is 2.39. The maximum atomic E-state index is 13.1. The summed E-state index contributed by atoms with van der Waals surface area (Å²) in [7, 11) is -2.10. The van der Waals surface area contributed by atoms with Crippen LogP contribution >= 0.6 is 34.3 Å². The molecule has 1 aliphatic rings. The number of hydrogen-bond donors (Lipinski definition) is 0. The van der Waals surface area contributed by atoms with Gasteiger partial charge in [-0.1, -0.05) is 29.0 Å². The van der Waals surface area contributed by atoms with Crippen molar-refractivity contribution in [1.82, 2.24) is 8.87 Å². The van der Waals surface area contributed by atoms with Crippen molar-refractivity contribution in [2.75, 3.05) is 20.3 Å². The molecule has 1 aliphatic heterocycles. The molecular weight excluding hydrogens is 466 g/mol. The molecule has 0 bridgehead atoms. The number of thiazole rings is 1. The monoisotopic (exact) mass is 485 g/mol. The summed E-state index contributed by atoms with van der Waals surface area (Å²) < 4.78 is 35.5. The predicted molar refractivity (Wildman–Crippen MR) is 119 cm³/mol. The van der Waals surface area contributed by atoms with Crippen molar-refractivity contribution >= 4 is 60.4 Å². The van der Waals surface area contributed by atoms with Crippen LogP contribution < -0.4 is 4.80 Å². The number of carbonyl (C=O) groups excluding carboxylic acids is 1. The Morgan fingerprint density at radius 2 is 2.20 bits per heavy atom. The van der Waals surface area contributed by atoms with E-state index in [0.717, 1.165) is 21.6 Å². The maximum absolute atomic E-state index is 13.1. The van der Waals surface area contributed by atoms with E-state index < -0.39 is 22.0 Å². The van der Waals surface area contributed by atoms with E-state index in [4.69, 9.17) is 16.3 Å². The molecule has 30 heavy (non-hydrogen) atoms. The zero-order chi connectivity index (χ0) is 21.3. The fourth-order valence-corrected chi connectivity index (χ4v) is 7.61. The minimum Gasteiger partial charge on any atom is -0.383 e. The van der Waals surface area contributed by atoms with Gasteiger partial charge in [-0.2, -0.15) is 9.30 Å². The Bertz CT molecular complexity index is 1230. The standard InChI is InChI=1S/C19H20ClN3O4S3/c1-27-10-9-22-14-7-6-13(20)12-16(14)29-19(22)21-18(24)15-4-2-8-23(15)30(25,26)17-5-3-11-28-17/h3,5-7,11-12,15H,2,4,8-10H2,1H3. The van der Waals surface area contributed by atoms with Crippen molar-refractivity contribution in [1.29, 1.82) is 0 Å². The molecule has 0 N–H and O–H groups in total. The average molecular weight is 486 g/mol. The van der Waals surface area contributed by atoms with Gasteiger partial charge >= 0.3 is 0 Å². The molecule has 0 saturated carbocycles. The third-order valence-electron chi connectivity index (χ3n) is 4.92. The molecule has 1 fully saturated rings. The molecule has 0 radical (unpaired) electrons. The van der Waals surface area contributed by atoms with Crippen LogP contribution in [-0.2, 0) is 26.1 Å². The lowest BCUT2D eigenvalue weighted by Gasteiger charge is -2.20. The number of thiophene rings is 1. The molecule has 4 rings (SSSR count). The first-order valence-corrected chi connectivity index (χ1v) is 12.8. The molecule has 160 valence electrons. The van der Waals surface area contributed by atoms with E-state index in [1.807, 2.05) is 16.7 Å². The molecule has 1 atom stereocenters. The molecule has 1 unspecified atom stereocenters. The lowest BCUT2D eigenvalue weighted by atomic mass is 10.2. The van der Waals surface area contributed by atoms with Crippen LogP contribution in [0.1, 0.15) is 12.8 Å². The van der Waals surface area contributed by atoms with Crippen molar-refractivity contribution in [3.05, 3.63) is 45.5 Å². The van der Waals surface area contributed by atoms with Crippen molar-refractivity contribution in [3.63, 3.8) is 0 Å². The van der Waals surface area contributed by atoms with Crippen molar-refractivity contribution in [2.45, 2.75) is 29.6 Å². The van der Waals surface area contributed by atoms with E-state index in [1.165, 1.54) is 15.6 Å². The number of ether oxygens (including phenoxy) is 1. The van der Waals surface area contributed by atoms with Crippen LogP contribution in [-0.4, -0.2) is 49.5 Å². The zero-order valence-electron chi connectivity index (χ0n) is 16.2. The first-order chi connectivity index (χ1) is 14.4. The molecule has 1 saturated heterocycles. The fourth-order valence-electron chi connectivity index (χ4n) is 3.50. The molecule has 1 aromatic carbocycles. The van der Waals surface area contributed by atoms with Crippen LogP contribution in [0.5, 0.6) is 0 Å². The summed E-state index contributed by atoms with van der Waals surface area (Å²) in [5.74, 6) is -0.448. The molecule has 0 aliphatic carbocycles. The normalized spacial score (nSPS) is 18.5. The molecule has 2 aromatic heterocycles. The Morgan fingerprint density at radius 1 is 1.37 bits per heavy atom. The number of nitrogens with zero attached hydrogens (tertiary/aromatic N) is 3. The first-order valence-electron chi connectivity index (χ1n) is 9.33. The number of amides is 1. The average Bonchev–Trinajstić information content (AvgIpc) is 3.45. The van der Waals surface area contributed by atoms with Gasteiger partial charge < -0.3 is 9.30 Å². The second-order valence-corrected chi connectivity index (χ2v) is 11.3. The van der Waals surface area contributed by atoms with Crippen LogP contribution in [0.4, 0.5) is 0 Å². The van der Waals surface area contributed by atoms with E-state index in [0.29, 0.717) is 42.4 Å². The minimum absolute atomic E-state index is 0.244. The number of sulfonamides is 1. The van der Waals surface area contributed by atoms with E-state index in [-0.39, 0.29) is 4.21 Å². The predicted octanol–water partition coefficient (Wildman–Crippen LogP) is 3.34. The third-order valence-corrected chi connectivity index (χ3v) is 9.47. The van der Waals surface area contributed by atoms with E-state index in [2.05, 4.69) is 4.99 Å². The van der Waals surface area contributed by atoms with Gasteiger partial charge in [-0.3, -0.25) is 4.79 Å². The van der Waals surface area contributed by atoms with Gasteiger partial charge in [-0.25, -0.2) is 8.42 Å². The second-order valence-electron chi connectivity index (χ2n) is 6.80. The van der Waals surface area contributed by atoms with Gasteiger partial charge in [0.05, 0.1) is 16.8 Å². The number of rotatable bonds is 6. The van der Waals surface area contributed by atoms with Gasteiger partial charge in [0.25, 0.3) is 15.9 Å². The smallest absolute Gasteiger partial charge is 0.266 e. The summed E-state index contributed by atoms with van der Waals surface area (Å²) in [4.78, 5) is 17.9. The Balaban J connectivity index is 1.72. The van der Waals surface area contributed by atoms with Crippen LogP contribution in [0.3, 0.4) is 0 Å². The van der Waals surface area contributed by atoms with Gasteiger partial charge in [0.15, 0.2) is 4.80 Å². The number of halogens is 1. The summed E-state index contributed by atoms with van der Waals surface area (Å²) in [6.45, 7) is 1.29. The summed E-state index contributed by atoms with van der Waals surface area (Å²) >= 11 is 8.62. The van der Waals surface area contributed by atoms with Gasteiger partial charge in [-0.15, -0.1) is 11.3 Å². The summed E-state index contributed by atoms with van der Waals surface area (Å²) in [5, 5.41) is 2.31. The summed E-state index contributed by atoms with van der Waals surface area (Å²) in [5.41, 5.74) is 0.905. The van der Waals surface area contributed by atoms with Gasteiger partial charge in [0.1, 0.15) is 10.3 Å². The first kappa shape index (κ1) is 21.7. The third kappa shape index (κ3) is 4.12. The maximum Gasteiger partial charge on any atom is 0.266 e.